The smallest absolute Gasteiger partial charge is 0.176 e. The Morgan fingerprint density at radius 2 is 1.69 bits per heavy atom. The summed E-state index contributed by atoms with van der Waals surface area (Å²) in [5, 5.41) is 32.4. The van der Waals surface area contributed by atoms with Crippen LogP contribution in [0.3, 0.4) is 0 Å². The van der Waals surface area contributed by atoms with Gasteiger partial charge in [0.15, 0.2) is 17.2 Å². The van der Waals surface area contributed by atoms with E-state index in [0.717, 1.165) is 11.1 Å². The van der Waals surface area contributed by atoms with Crippen molar-refractivity contribution in [2.75, 3.05) is 0 Å². The number of aliphatic hydroxyl groups is 3. The van der Waals surface area contributed by atoms with Crippen molar-refractivity contribution >= 4 is 11.6 Å². The van der Waals surface area contributed by atoms with Gasteiger partial charge in [0.05, 0.1) is 12.0 Å². The Morgan fingerprint density at radius 1 is 1.15 bits per heavy atom. The summed E-state index contributed by atoms with van der Waals surface area (Å²) in [5.41, 5.74) is -0.626. The summed E-state index contributed by atoms with van der Waals surface area (Å²) in [6, 6.07) is 0. The van der Waals surface area contributed by atoms with Crippen molar-refractivity contribution in [2.24, 2.45) is 11.8 Å². The summed E-state index contributed by atoms with van der Waals surface area (Å²) >= 11 is 0. The van der Waals surface area contributed by atoms with Crippen LogP contribution in [0.15, 0.2) is 34.6 Å². The molecule has 0 aromatic carbocycles. The second-order valence-electron chi connectivity index (χ2n) is 8.04. The summed E-state index contributed by atoms with van der Waals surface area (Å²) < 4.78 is 0. The van der Waals surface area contributed by atoms with Crippen molar-refractivity contribution in [1.29, 1.82) is 0 Å². The van der Waals surface area contributed by atoms with Crippen LogP contribution < -0.4 is 0 Å². The predicted molar refractivity (Wildman–Crippen MR) is 102 cm³/mol. The Bertz CT molecular complexity index is 645. The van der Waals surface area contributed by atoms with Crippen LogP contribution in [-0.4, -0.2) is 38.6 Å². The number of carbonyl (C=O) groups excluding carboxylic acids is 2. The Labute approximate surface area is 156 Å². The molecule has 0 aromatic rings. The highest BCUT2D eigenvalue weighted by Gasteiger charge is 2.58. The molecule has 0 amide bonds. The first-order valence-corrected chi connectivity index (χ1v) is 9.11. The molecule has 5 heteroatoms. The van der Waals surface area contributed by atoms with E-state index < -0.39 is 34.9 Å². The topological polar surface area (TPSA) is 94.8 Å². The highest BCUT2D eigenvalue weighted by Crippen LogP contribution is 2.43. The third kappa shape index (κ3) is 4.71. The summed E-state index contributed by atoms with van der Waals surface area (Å²) in [7, 11) is 0. The third-order valence-corrected chi connectivity index (χ3v) is 4.60. The molecule has 1 rings (SSSR count). The van der Waals surface area contributed by atoms with Gasteiger partial charge >= 0.3 is 0 Å². The standard InChI is InChI=1S/C21H32O5/c1-12(2)7-9-15-19(24)18(16(22)11-14(5)6)20(25)21(15,26)17(23)10-8-13(3)4/h7-8,14-15,17,23,25-26H,9-11H2,1-6H3/t15-,17-,21-/m0/s1. The molecule has 0 aromatic heterocycles. The molecule has 1 aliphatic rings. The van der Waals surface area contributed by atoms with E-state index in [2.05, 4.69) is 0 Å². The average Bonchev–Trinajstić information content (AvgIpc) is 2.69. The van der Waals surface area contributed by atoms with Gasteiger partial charge in [-0.3, -0.25) is 9.59 Å². The third-order valence-electron chi connectivity index (χ3n) is 4.60. The molecule has 26 heavy (non-hydrogen) atoms. The highest BCUT2D eigenvalue weighted by atomic mass is 16.4. The van der Waals surface area contributed by atoms with Crippen LogP contribution in [0.1, 0.15) is 60.8 Å². The lowest BCUT2D eigenvalue weighted by molar-refractivity contribution is -0.134. The minimum Gasteiger partial charge on any atom is -0.508 e. The number of aliphatic hydroxyl groups excluding tert-OH is 2. The molecule has 0 unspecified atom stereocenters. The molecular formula is C21H32O5. The van der Waals surface area contributed by atoms with Crippen LogP contribution in [0.25, 0.3) is 0 Å². The van der Waals surface area contributed by atoms with Crippen LogP contribution in [-0.2, 0) is 9.59 Å². The summed E-state index contributed by atoms with van der Waals surface area (Å²) in [6.07, 6.45) is 2.43. The largest absolute Gasteiger partial charge is 0.508 e. The quantitative estimate of drug-likeness (QED) is 0.453. The van der Waals surface area contributed by atoms with E-state index in [1.54, 1.807) is 12.2 Å². The molecule has 3 atom stereocenters. The van der Waals surface area contributed by atoms with Crippen LogP contribution in [0.5, 0.6) is 0 Å². The first kappa shape index (κ1) is 22.3. The van der Waals surface area contributed by atoms with Gasteiger partial charge in [-0.15, -0.1) is 0 Å². The predicted octanol–water partition coefficient (Wildman–Crippen LogP) is 3.42. The molecule has 0 radical (unpaired) electrons. The van der Waals surface area contributed by atoms with E-state index in [9.17, 15) is 24.9 Å². The van der Waals surface area contributed by atoms with Crippen LogP contribution in [0.2, 0.25) is 0 Å². The Morgan fingerprint density at radius 3 is 2.15 bits per heavy atom. The van der Waals surface area contributed by atoms with Gasteiger partial charge in [-0.1, -0.05) is 37.1 Å². The molecule has 0 saturated carbocycles. The molecular weight excluding hydrogens is 332 g/mol. The maximum atomic E-state index is 12.9. The number of carbonyl (C=O) groups is 2. The van der Waals surface area contributed by atoms with Crippen molar-refractivity contribution in [2.45, 2.75) is 72.5 Å². The number of hydrogen-bond donors (Lipinski definition) is 3. The molecule has 0 saturated heterocycles. The molecule has 1 aliphatic carbocycles. The summed E-state index contributed by atoms with van der Waals surface area (Å²) in [4.78, 5) is 25.3. The lowest BCUT2D eigenvalue weighted by Crippen LogP contribution is -2.49. The zero-order valence-corrected chi connectivity index (χ0v) is 16.7. The monoisotopic (exact) mass is 364 g/mol. The van der Waals surface area contributed by atoms with Gasteiger partial charge in [-0.05, 0) is 46.5 Å². The van der Waals surface area contributed by atoms with Crippen molar-refractivity contribution in [3.8, 4) is 0 Å². The fourth-order valence-electron chi connectivity index (χ4n) is 3.16. The molecule has 0 spiro atoms. The Kier molecular flexibility index (Phi) is 7.54. The normalized spacial score (nSPS) is 24.0. The SMILES string of the molecule is CC(C)=CC[C@H](O)[C@]1(O)C(O)=C(C(=O)CC(C)C)C(=O)[C@@H]1CC=C(C)C. The Hall–Kier alpha value is -1.72. The van der Waals surface area contributed by atoms with Gasteiger partial charge in [-0.2, -0.15) is 0 Å². The fraction of sp³-hybridized carbons (Fsp3) is 0.619. The number of allylic oxidation sites excluding steroid dienone is 4. The zero-order valence-electron chi connectivity index (χ0n) is 16.7. The molecule has 146 valence electrons. The minimum atomic E-state index is -2.16. The summed E-state index contributed by atoms with van der Waals surface area (Å²) in [5.74, 6) is -2.84. The number of hydrogen-bond acceptors (Lipinski definition) is 5. The lowest BCUT2D eigenvalue weighted by atomic mass is 9.80. The van der Waals surface area contributed by atoms with Crippen molar-refractivity contribution in [3.05, 3.63) is 34.6 Å². The van der Waals surface area contributed by atoms with E-state index in [-0.39, 0.29) is 30.8 Å². The van der Waals surface area contributed by atoms with Gasteiger partial charge in [0.2, 0.25) is 0 Å². The second-order valence-corrected chi connectivity index (χ2v) is 8.04. The first-order chi connectivity index (χ1) is 11.9. The van der Waals surface area contributed by atoms with Gasteiger partial charge < -0.3 is 15.3 Å². The lowest BCUT2D eigenvalue weighted by Gasteiger charge is -2.33. The van der Waals surface area contributed by atoms with Crippen LogP contribution in [0.4, 0.5) is 0 Å². The average molecular weight is 364 g/mol. The fourth-order valence-corrected chi connectivity index (χ4v) is 3.16. The molecule has 5 nitrogen and oxygen atoms in total. The van der Waals surface area contributed by atoms with Crippen molar-refractivity contribution < 1.29 is 24.9 Å². The zero-order chi connectivity index (χ0) is 20.2. The summed E-state index contributed by atoms with van der Waals surface area (Å²) in [6.45, 7) is 11.1. The maximum Gasteiger partial charge on any atom is 0.176 e. The van der Waals surface area contributed by atoms with Crippen molar-refractivity contribution in [3.63, 3.8) is 0 Å². The number of ketones is 2. The van der Waals surface area contributed by atoms with E-state index in [0.29, 0.717) is 0 Å². The maximum absolute atomic E-state index is 12.9. The van der Waals surface area contributed by atoms with E-state index in [4.69, 9.17) is 0 Å². The van der Waals surface area contributed by atoms with E-state index >= 15 is 0 Å². The van der Waals surface area contributed by atoms with E-state index in [1.165, 1.54) is 0 Å². The highest BCUT2D eigenvalue weighted by molar-refractivity contribution is 6.23. The molecule has 0 bridgehead atoms. The number of Topliss-reactive ketones (excluding diaryl/α,β-unsaturated/α-hetero) is 2. The van der Waals surface area contributed by atoms with Gasteiger partial charge in [0.25, 0.3) is 0 Å². The van der Waals surface area contributed by atoms with Gasteiger partial charge in [-0.25, -0.2) is 0 Å². The molecule has 0 heterocycles. The van der Waals surface area contributed by atoms with Crippen LogP contribution in [0, 0.1) is 11.8 Å². The van der Waals surface area contributed by atoms with Crippen molar-refractivity contribution in [1.82, 2.24) is 0 Å². The van der Waals surface area contributed by atoms with Gasteiger partial charge in [0, 0.05) is 6.42 Å². The van der Waals surface area contributed by atoms with E-state index in [1.807, 2.05) is 41.5 Å². The second kappa shape index (κ2) is 8.78. The molecule has 3 N–H and O–H groups in total. The Balaban J connectivity index is 3.38. The first-order valence-electron chi connectivity index (χ1n) is 9.11. The minimum absolute atomic E-state index is 0.0103. The van der Waals surface area contributed by atoms with Gasteiger partial charge in [0.1, 0.15) is 11.3 Å². The number of rotatable bonds is 8. The molecule has 0 fully saturated rings. The van der Waals surface area contributed by atoms with Crippen LogP contribution >= 0.6 is 0 Å². The molecule has 0 aliphatic heterocycles.